The summed E-state index contributed by atoms with van der Waals surface area (Å²) in [6.07, 6.45) is 0. The molecule has 0 saturated heterocycles. The number of amides is 1. The van der Waals surface area contributed by atoms with Crippen molar-refractivity contribution < 1.29 is 23.8 Å². The van der Waals surface area contributed by atoms with E-state index in [4.69, 9.17) is 14.2 Å². The summed E-state index contributed by atoms with van der Waals surface area (Å²) in [4.78, 5) is 27.9. The number of likely N-dealkylation sites (N-methyl/N-ethyl adjacent to an activating group) is 1. The van der Waals surface area contributed by atoms with Crippen LogP contribution >= 0.6 is 0 Å². The maximum atomic E-state index is 13.3. The van der Waals surface area contributed by atoms with Crippen LogP contribution < -0.4 is 29.7 Å². The summed E-state index contributed by atoms with van der Waals surface area (Å²) in [6.45, 7) is 6.01. The van der Waals surface area contributed by atoms with Crippen LogP contribution in [0, 0.1) is 6.92 Å². The Morgan fingerprint density at radius 1 is 0.905 bits per heavy atom. The van der Waals surface area contributed by atoms with Gasteiger partial charge in [0.2, 0.25) is 0 Å². The zero-order valence-electron chi connectivity index (χ0n) is 24.7. The standard InChI is InChI=1S/C34H35N3O5/c1-21-11-7-8-12-23(21)32(38)42-22-15-16-25(30(19-22)41-6)24-17-18-28-31(37(4)33(39)34(2,3)36-28)26(24)20-35-27-13-9-10-14-29(27)40-5/h7-19,35-36H,20H2,1-6H3. The molecule has 0 radical (unpaired) electrons. The third-order valence-electron chi connectivity index (χ3n) is 7.51. The van der Waals surface area contributed by atoms with E-state index < -0.39 is 11.5 Å². The summed E-state index contributed by atoms with van der Waals surface area (Å²) < 4.78 is 17.1. The van der Waals surface area contributed by atoms with Gasteiger partial charge in [-0.1, -0.05) is 36.4 Å². The van der Waals surface area contributed by atoms with Gasteiger partial charge < -0.3 is 29.7 Å². The van der Waals surface area contributed by atoms with Gasteiger partial charge in [-0.2, -0.15) is 0 Å². The van der Waals surface area contributed by atoms with Gasteiger partial charge in [0.25, 0.3) is 5.91 Å². The van der Waals surface area contributed by atoms with E-state index in [0.29, 0.717) is 29.4 Å². The van der Waals surface area contributed by atoms with Crippen molar-refractivity contribution in [3.63, 3.8) is 0 Å². The molecule has 0 saturated carbocycles. The van der Waals surface area contributed by atoms with Gasteiger partial charge in [-0.3, -0.25) is 4.79 Å². The molecule has 8 heteroatoms. The van der Waals surface area contributed by atoms with E-state index in [1.165, 1.54) is 0 Å². The lowest BCUT2D eigenvalue weighted by atomic mass is 9.91. The minimum atomic E-state index is -0.753. The normalized spacial score (nSPS) is 13.6. The van der Waals surface area contributed by atoms with Crippen molar-refractivity contribution in [1.82, 2.24) is 0 Å². The van der Waals surface area contributed by atoms with Crippen molar-refractivity contribution in [3.8, 4) is 28.4 Å². The molecule has 1 heterocycles. The molecule has 0 atom stereocenters. The molecule has 0 spiro atoms. The fourth-order valence-electron chi connectivity index (χ4n) is 5.36. The monoisotopic (exact) mass is 565 g/mol. The van der Waals surface area contributed by atoms with Crippen LogP contribution in [0.3, 0.4) is 0 Å². The molecule has 5 rings (SSSR count). The molecule has 4 aromatic carbocycles. The Kier molecular flexibility index (Phi) is 7.81. The highest BCUT2D eigenvalue weighted by Gasteiger charge is 2.38. The number of nitrogens with zero attached hydrogens (tertiary/aromatic N) is 1. The molecule has 8 nitrogen and oxygen atoms in total. The molecule has 42 heavy (non-hydrogen) atoms. The number of aryl methyl sites for hydroxylation is 1. The van der Waals surface area contributed by atoms with Gasteiger partial charge in [-0.15, -0.1) is 0 Å². The SMILES string of the molecule is COc1ccccc1NCc1c(-c2ccc(OC(=O)c3ccccc3C)cc2OC)ccc2c1N(C)C(=O)C(C)(C)N2. The number of ether oxygens (including phenoxy) is 3. The number of carbonyl (C=O) groups is 2. The van der Waals surface area contributed by atoms with E-state index in [2.05, 4.69) is 10.6 Å². The van der Waals surface area contributed by atoms with Crippen LogP contribution in [-0.4, -0.2) is 38.7 Å². The van der Waals surface area contributed by atoms with Crippen molar-refractivity contribution in [3.05, 3.63) is 95.6 Å². The first-order valence-electron chi connectivity index (χ1n) is 13.7. The summed E-state index contributed by atoms with van der Waals surface area (Å²) in [6, 6.07) is 24.3. The number of nitrogens with one attached hydrogen (secondary N) is 2. The van der Waals surface area contributed by atoms with Gasteiger partial charge in [0.05, 0.1) is 36.8 Å². The number of esters is 1. The lowest BCUT2D eigenvalue weighted by molar-refractivity contribution is -0.121. The quantitative estimate of drug-likeness (QED) is 0.182. The number of rotatable bonds is 8. The first kappa shape index (κ1) is 28.5. The molecule has 2 N–H and O–H groups in total. The van der Waals surface area contributed by atoms with E-state index in [0.717, 1.165) is 39.3 Å². The van der Waals surface area contributed by atoms with Crippen molar-refractivity contribution in [2.24, 2.45) is 0 Å². The molecule has 0 fully saturated rings. The van der Waals surface area contributed by atoms with E-state index in [-0.39, 0.29) is 5.91 Å². The highest BCUT2D eigenvalue weighted by Crippen LogP contribution is 2.45. The summed E-state index contributed by atoms with van der Waals surface area (Å²) in [5.41, 5.74) is 5.58. The maximum absolute atomic E-state index is 13.3. The Labute approximate surface area is 246 Å². The average molecular weight is 566 g/mol. The van der Waals surface area contributed by atoms with Crippen LogP contribution in [0.15, 0.2) is 78.9 Å². The predicted molar refractivity (Wildman–Crippen MR) is 166 cm³/mol. The van der Waals surface area contributed by atoms with Gasteiger partial charge in [0, 0.05) is 30.8 Å². The number of para-hydroxylation sites is 2. The smallest absolute Gasteiger partial charge is 0.343 e. The first-order valence-corrected chi connectivity index (χ1v) is 13.7. The van der Waals surface area contributed by atoms with E-state index in [1.54, 1.807) is 44.4 Å². The number of benzene rings is 4. The lowest BCUT2D eigenvalue weighted by Gasteiger charge is -2.40. The Morgan fingerprint density at radius 2 is 1.60 bits per heavy atom. The minimum absolute atomic E-state index is 0.0453. The number of methoxy groups -OCH3 is 2. The second kappa shape index (κ2) is 11.5. The van der Waals surface area contributed by atoms with Crippen molar-refractivity contribution in [1.29, 1.82) is 0 Å². The van der Waals surface area contributed by atoms with Crippen molar-refractivity contribution in [2.75, 3.05) is 36.8 Å². The van der Waals surface area contributed by atoms with Crippen LogP contribution in [0.1, 0.15) is 35.3 Å². The fourth-order valence-corrected chi connectivity index (χ4v) is 5.36. The molecule has 216 valence electrons. The second-order valence-electron chi connectivity index (χ2n) is 10.7. The molecule has 1 aliphatic heterocycles. The molecule has 1 aliphatic rings. The molecular formula is C34H35N3O5. The van der Waals surface area contributed by atoms with Gasteiger partial charge >= 0.3 is 5.97 Å². The number of hydrogen-bond donors (Lipinski definition) is 2. The molecule has 0 unspecified atom stereocenters. The maximum Gasteiger partial charge on any atom is 0.343 e. The van der Waals surface area contributed by atoms with Crippen LogP contribution in [0.4, 0.5) is 17.1 Å². The van der Waals surface area contributed by atoms with E-state index >= 15 is 0 Å². The highest BCUT2D eigenvalue weighted by atomic mass is 16.5. The fraction of sp³-hybridized carbons (Fsp3) is 0.235. The topological polar surface area (TPSA) is 89.1 Å². The first-order chi connectivity index (χ1) is 20.1. The van der Waals surface area contributed by atoms with Gasteiger partial charge in [0.1, 0.15) is 22.8 Å². The zero-order valence-corrected chi connectivity index (χ0v) is 24.7. The predicted octanol–water partition coefficient (Wildman–Crippen LogP) is 6.68. The van der Waals surface area contributed by atoms with Gasteiger partial charge in [-0.25, -0.2) is 4.79 Å². The van der Waals surface area contributed by atoms with Crippen molar-refractivity contribution in [2.45, 2.75) is 32.9 Å². The molecular weight excluding hydrogens is 530 g/mol. The molecule has 0 bridgehead atoms. The minimum Gasteiger partial charge on any atom is -0.496 e. The number of anilines is 3. The largest absolute Gasteiger partial charge is 0.496 e. The zero-order chi connectivity index (χ0) is 30.0. The summed E-state index contributed by atoms with van der Waals surface area (Å²) in [5, 5.41) is 6.90. The Hall–Kier alpha value is -4.98. The van der Waals surface area contributed by atoms with Crippen LogP contribution in [0.25, 0.3) is 11.1 Å². The highest BCUT2D eigenvalue weighted by molar-refractivity contribution is 6.09. The third kappa shape index (κ3) is 5.35. The molecule has 4 aromatic rings. The van der Waals surface area contributed by atoms with Crippen LogP contribution in [-0.2, 0) is 11.3 Å². The molecule has 1 amide bonds. The Balaban J connectivity index is 1.57. The van der Waals surface area contributed by atoms with Gasteiger partial charge in [-0.05, 0) is 68.3 Å². The number of hydrogen-bond acceptors (Lipinski definition) is 7. The van der Waals surface area contributed by atoms with E-state index in [1.807, 2.05) is 81.4 Å². The lowest BCUT2D eigenvalue weighted by Crippen LogP contribution is -2.52. The molecule has 0 aliphatic carbocycles. The Bertz CT molecular complexity index is 1660. The van der Waals surface area contributed by atoms with Crippen LogP contribution in [0.2, 0.25) is 0 Å². The third-order valence-corrected chi connectivity index (χ3v) is 7.51. The molecule has 0 aromatic heterocycles. The number of fused-ring (bicyclic) bond motifs is 1. The summed E-state index contributed by atoms with van der Waals surface area (Å²) >= 11 is 0. The Morgan fingerprint density at radius 3 is 2.33 bits per heavy atom. The van der Waals surface area contributed by atoms with E-state index in [9.17, 15) is 9.59 Å². The number of carbonyl (C=O) groups excluding carboxylic acids is 2. The van der Waals surface area contributed by atoms with Crippen LogP contribution in [0.5, 0.6) is 17.2 Å². The van der Waals surface area contributed by atoms with Gasteiger partial charge in [0.15, 0.2) is 0 Å². The summed E-state index contributed by atoms with van der Waals surface area (Å²) in [7, 11) is 5.01. The van der Waals surface area contributed by atoms with Crippen molar-refractivity contribution >= 4 is 28.9 Å². The second-order valence-corrected chi connectivity index (χ2v) is 10.7. The summed E-state index contributed by atoms with van der Waals surface area (Å²) in [5.74, 6) is 1.13. The average Bonchev–Trinajstić information content (AvgIpc) is 2.98.